The summed E-state index contributed by atoms with van der Waals surface area (Å²) in [6, 6.07) is 0. The second-order valence-electron chi connectivity index (χ2n) is 2.22. The maximum absolute atomic E-state index is 11.0. The van der Waals surface area contributed by atoms with E-state index in [0.717, 1.165) is 23.2 Å². The Morgan fingerprint density at radius 3 is 2.93 bits per heavy atom. The SMILES string of the molecule is COC(=O)/C=C/n1ncc(=O)[nH]c1=O. The molecule has 0 amide bonds. The van der Waals surface area contributed by atoms with E-state index in [2.05, 4.69) is 9.84 Å². The predicted molar refractivity (Wildman–Crippen MR) is 46.5 cm³/mol. The Bertz CT molecular complexity index is 470. The Balaban J connectivity index is 2.99. The summed E-state index contributed by atoms with van der Waals surface area (Å²) in [5, 5.41) is 3.45. The Labute approximate surface area is 77.6 Å². The van der Waals surface area contributed by atoms with Crippen LogP contribution < -0.4 is 11.2 Å². The lowest BCUT2D eigenvalue weighted by Crippen LogP contribution is -2.28. The number of carbonyl (C=O) groups excluding carboxylic acids is 1. The normalized spacial score (nSPS) is 10.4. The average Bonchev–Trinajstić information content (AvgIpc) is 2.16. The lowest BCUT2D eigenvalue weighted by Gasteiger charge is -1.93. The van der Waals surface area contributed by atoms with Gasteiger partial charge in [0.05, 0.1) is 7.11 Å². The summed E-state index contributed by atoms with van der Waals surface area (Å²) in [7, 11) is 1.20. The number of aromatic nitrogens is 3. The molecule has 1 heterocycles. The maximum Gasteiger partial charge on any atom is 0.348 e. The van der Waals surface area contributed by atoms with E-state index in [1.165, 1.54) is 7.11 Å². The van der Waals surface area contributed by atoms with Crippen LogP contribution >= 0.6 is 0 Å². The first-order valence-corrected chi connectivity index (χ1v) is 3.58. The summed E-state index contributed by atoms with van der Waals surface area (Å²) in [6.07, 6.45) is 3.01. The number of H-pyrrole nitrogens is 1. The van der Waals surface area contributed by atoms with E-state index in [4.69, 9.17) is 0 Å². The maximum atomic E-state index is 11.0. The molecule has 0 aliphatic heterocycles. The lowest BCUT2D eigenvalue weighted by atomic mass is 10.6. The van der Waals surface area contributed by atoms with Gasteiger partial charge in [-0.3, -0.25) is 9.78 Å². The van der Waals surface area contributed by atoms with Gasteiger partial charge in [0, 0.05) is 12.3 Å². The molecule has 1 N–H and O–H groups in total. The van der Waals surface area contributed by atoms with Crippen molar-refractivity contribution in [3.8, 4) is 0 Å². The van der Waals surface area contributed by atoms with Gasteiger partial charge in [0.15, 0.2) is 0 Å². The van der Waals surface area contributed by atoms with Gasteiger partial charge in [-0.05, 0) is 0 Å². The third-order valence-corrected chi connectivity index (χ3v) is 1.29. The number of aromatic amines is 1. The van der Waals surface area contributed by atoms with Gasteiger partial charge in [-0.2, -0.15) is 9.78 Å². The first-order chi connectivity index (χ1) is 6.63. The van der Waals surface area contributed by atoms with E-state index in [1.54, 1.807) is 0 Å². The number of nitrogens with zero attached hydrogens (tertiary/aromatic N) is 2. The van der Waals surface area contributed by atoms with Gasteiger partial charge in [-0.1, -0.05) is 0 Å². The molecule has 14 heavy (non-hydrogen) atoms. The first kappa shape index (κ1) is 9.90. The number of nitrogens with one attached hydrogen (secondary N) is 1. The summed E-state index contributed by atoms with van der Waals surface area (Å²) in [4.78, 5) is 34.2. The van der Waals surface area contributed by atoms with Crippen molar-refractivity contribution >= 4 is 12.2 Å². The fourth-order valence-corrected chi connectivity index (χ4v) is 0.668. The molecule has 7 nitrogen and oxygen atoms in total. The van der Waals surface area contributed by atoms with Crippen molar-refractivity contribution in [3.63, 3.8) is 0 Å². The minimum Gasteiger partial charge on any atom is -0.466 e. The summed E-state index contributed by atoms with van der Waals surface area (Å²) in [5.74, 6) is -0.620. The van der Waals surface area contributed by atoms with Gasteiger partial charge in [0.1, 0.15) is 6.20 Å². The molecule has 0 unspecified atom stereocenters. The Morgan fingerprint density at radius 1 is 1.64 bits per heavy atom. The zero-order valence-electron chi connectivity index (χ0n) is 7.26. The molecule has 0 aromatic carbocycles. The highest BCUT2D eigenvalue weighted by Gasteiger charge is 1.95. The van der Waals surface area contributed by atoms with Gasteiger partial charge in [-0.25, -0.2) is 9.59 Å². The van der Waals surface area contributed by atoms with Crippen LogP contribution in [0.15, 0.2) is 21.9 Å². The van der Waals surface area contributed by atoms with Crippen LogP contribution in [-0.2, 0) is 9.53 Å². The zero-order chi connectivity index (χ0) is 10.6. The van der Waals surface area contributed by atoms with Crippen LogP contribution in [0.25, 0.3) is 6.20 Å². The van der Waals surface area contributed by atoms with Crippen LogP contribution in [0, 0.1) is 0 Å². The van der Waals surface area contributed by atoms with E-state index >= 15 is 0 Å². The molecule has 0 fully saturated rings. The molecule has 1 aromatic heterocycles. The summed E-state index contributed by atoms with van der Waals surface area (Å²) >= 11 is 0. The Kier molecular flexibility index (Phi) is 2.95. The molecule has 0 saturated carbocycles. The van der Waals surface area contributed by atoms with Crippen LogP contribution in [0.5, 0.6) is 0 Å². The van der Waals surface area contributed by atoms with Crippen LogP contribution in [0.2, 0.25) is 0 Å². The molecule has 0 bridgehead atoms. The van der Waals surface area contributed by atoms with Crippen molar-refractivity contribution in [2.75, 3.05) is 7.11 Å². The van der Waals surface area contributed by atoms with Crippen LogP contribution in [0.4, 0.5) is 0 Å². The van der Waals surface area contributed by atoms with Crippen LogP contribution in [0.3, 0.4) is 0 Å². The molecule has 0 aliphatic carbocycles. The number of hydrogen-bond donors (Lipinski definition) is 1. The number of ether oxygens (including phenoxy) is 1. The molecule has 0 atom stereocenters. The van der Waals surface area contributed by atoms with E-state index in [-0.39, 0.29) is 0 Å². The van der Waals surface area contributed by atoms with Crippen LogP contribution in [-0.4, -0.2) is 27.8 Å². The average molecular weight is 197 g/mol. The van der Waals surface area contributed by atoms with Crippen LogP contribution in [0.1, 0.15) is 0 Å². The fourth-order valence-electron chi connectivity index (χ4n) is 0.668. The lowest BCUT2D eigenvalue weighted by molar-refractivity contribution is -0.134. The standard InChI is InChI=1S/C7H7N3O4/c1-14-6(12)2-3-10-7(13)9-5(11)4-8-10/h2-4H,1H3,(H,9,11,13)/b3-2+. The fraction of sp³-hybridized carbons (Fsp3) is 0.143. The molecule has 0 saturated heterocycles. The molecular formula is C7H7N3O4. The topological polar surface area (TPSA) is 94.1 Å². The number of methoxy groups -OCH3 is 1. The molecular weight excluding hydrogens is 190 g/mol. The highest BCUT2D eigenvalue weighted by atomic mass is 16.5. The summed E-state index contributed by atoms with van der Waals surface area (Å²) < 4.78 is 5.10. The van der Waals surface area contributed by atoms with Gasteiger partial charge in [-0.15, -0.1) is 0 Å². The number of rotatable bonds is 2. The number of hydrogen-bond acceptors (Lipinski definition) is 5. The first-order valence-electron chi connectivity index (χ1n) is 3.58. The number of esters is 1. The highest BCUT2D eigenvalue weighted by molar-refractivity contribution is 5.84. The van der Waals surface area contributed by atoms with E-state index in [9.17, 15) is 14.4 Å². The van der Waals surface area contributed by atoms with Crippen molar-refractivity contribution in [2.45, 2.75) is 0 Å². The summed E-state index contributed by atoms with van der Waals surface area (Å²) in [5.41, 5.74) is -1.32. The third-order valence-electron chi connectivity index (χ3n) is 1.29. The minimum absolute atomic E-state index is 0.599. The smallest absolute Gasteiger partial charge is 0.348 e. The van der Waals surface area contributed by atoms with E-state index in [1.807, 2.05) is 4.98 Å². The molecule has 1 aromatic rings. The quantitative estimate of drug-likeness (QED) is 0.463. The largest absolute Gasteiger partial charge is 0.466 e. The second kappa shape index (κ2) is 4.17. The third kappa shape index (κ3) is 2.41. The molecule has 7 heteroatoms. The second-order valence-corrected chi connectivity index (χ2v) is 2.22. The Hall–Kier alpha value is -2.18. The van der Waals surface area contributed by atoms with Crippen molar-refractivity contribution in [1.29, 1.82) is 0 Å². The van der Waals surface area contributed by atoms with Crippen molar-refractivity contribution in [1.82, 2.24) is 14.8 Å². The molecule has 0 spiro atoms. The minimum atomic E-state index is -0.724. The van der Waals surface area contributed by atoms with Gasteiger partial charge in [0.25, 0.3) is 5.56 Å². The van der Waals surface area contributed by atoms with Gasteiger partial charge < -0.3 is 4.74 Å². The van der Waals surface area contributed by atoms with E-state index < -0.39 is 17.2 Å². The molecule has 1 rings (SSSR count). The molecule has 74 valence electrons. The van der Waals surface area contributed by atoms with E-state index in [0.29, 0.717) is 0 Å². The van der Waals surface area contributed by atoms with Crippen molar-refractivity contribution in [2.24, 2.45) is 0 Å². The van der Waals surface area contributed by atoms with Gasteiger partial charge in [0.2, 0.25) is 0 Å². The van der Waals surface area contributed by atoms with Crippen molar-refractivity contribution < 1.29 is 9.53 Å². The molecule has 0 radical (unpaired) electrons. The molecule has 0 aliphatic rings. The monoisotopic (exact) mass is 197 g/mol. The predicted octanol–water partition coefficient (Wildman–Crippen LogP) is -1.42. The van der Waals surface area contributed by atoms with Crippen molar-refractivity contribution in [3.05, 3.63) is 33.1 Å². The van der Waals surface area contributed by atoms with Gasteiger partial charge >= 0.3 is 11.7 Å². The number of carbonyl (C=O) groups is 1. The summed E-state index contributed by atoms with van der Waals surface area (Å²) in [6.45, 7) is 0. The zero-order valence-corrected chi connectivity index (χ0v) is 7.26. The highest BCUT2D eigenvalue weighted by Crippen LogP contribution is 1.79. The Morgan fingerprint density at radius 2 is 2.36 bits per heavy atom.